The lowest BCUT2D eigenvalue weighted by Crippen LogP contribution is -2.30. The third kappa shape index (κ3) is 5.18. The Morgan fingerprint density at radius 1 is 0.867 bits per heavy atom. The van der Waals surface area contributed by atoms with E-state index in [0.717, 1.165) is 11.1 Å². The molecule has 6 nitrogen and oxygen atoms in total. The maximum Gasteiger partial charge on any atom is 0.265 e. The fourth-order valence-corrected chi connectivity index (χ4v) is 4.09. The van der Waals surface area contributed by atoms with Gasteiger partial charge < -0.3 is 10.1 Å². The van der Waals surface area contributed by atoms with Crippen molar-refractivity contribution in [2.75, 3.05) is 10.0 Å². The monoisotopic (exact) mass is 424 g/mol. The van der Waals surface area contributed by atoms with Crippen LogP contribution >= 0.6 is 0 Å². The summed E-state index contributed by atoms with van der Waals surface area (Å²) in [6.45, 7) is 5.35. The lowest BCUT2D eigenvalue weighted by atomic mass is 10.1. The van der Waals surface area contributed by atoms with Gasteiger partial charge in [-0.1, -0.05) is 36.4 Å². The lowest BCUT2D eigenvalue weighted by molar-refractivity contribution is -0.122. The summed E-state index contributed by atoms with van der Waals surface area (Å²) in [5.74, 6) is 0.266. The van der Waals surface area contributed by atoms with E-state index < -0.39 is 16.1 Å². The topological polar surface area (TPSA) is 84.5 Å². The van der Waals surface area contributed by atoms with Gasteiger partial charge in [0.15, 0.2) is 6.10 Å². The van der Waals surface area contributed by atoms with Crippen LogP contribution in [-0.2, 0) is 14.8 Å². The number of aryl methyl sites for hydroxylation is 2. The van der Waals surface area contributed by atoms with E-state index in [1.807, 2.05) is 50.2 Å². The Hall–Kier alpha value is -3.32. The molecule has 0 saturated carbocycles. The summed E-state index contributed by atoms with van der Waals surface area (Å²) in [4.78, 5) is 12.5. The number of sulfonamides is 1. The van der Waals surface area contributed by atoms with Crippen LogP contribution in [0.1, 0.15) is 18.1 Å². The molecule has 3 aromatic rings. The Morgan fingerprint density at radius 3 is 2.07 bits per heavy atom. The molecule has 0 heterocycles. The number of benzene rings is 3. The van der Waals surface area contributed by atoms with Crippen LogP contribution in [-0.4, -0.2) is 20.4 Å². The molecule has 0 aliphatic heterocycles. The molecule has 0 aromatic heterocycles. The van der Waals surface area contributed by atoms with Crippen molar-refractivity contribution in [3.05, 3.63) is 83.9 Å². The Balaban J connectivity index is 1.67. The van der Waals surface area contributed by atoms with Gasteiger partial charge in [0.05, 0.1) is 10.6 Å². The first-order valence-corrected chi connectivity index (χ1v) is 11.0. The molecule has 0 bridgehead atoms. The molecule has 3 rings (SSSR count). The number of nitrogens with one attached hydrogen (secondary N) is 2. The predicted octanol–water partition coefficient (Wildman–Crippen LogP) is 4.51. The molecule has 3 aromatic carbocycles. The van der Waals surface area contributed by atoms with Crippen LogP contribution in [0.4, 0.5) is 11.4 Å². The van der Waals surface area contributed by atoms with E-state index in [1.54, 1.807) is 31.2 Å². The van der Waals surface area contributed by atoms with Gasteiger partial charge in [0, 0.05) is 5.69 Å². The Labute approximate surface area is 177 Å². The second-order valence-electron chi connectivity index (χ2n) is 6.96. The summed E-state index contributed by atoms with van der Waals surface area (Å²) < 4.78 is 33.7. The average molecular weight is 425 g/mol. The molecule has 7 heteroatoms. The standard InChI is InChI=1S/C23H24N2O4S/c1-16-8-7-9-17(2)22(16)25-30(27,28)21-14-12-19(13-15-21)24-23(26)18(3)29-20-10-5-4-6-11-20/h4-15,18,25H,1-3H3,(H,24,26)/t18-/m0/s1. The van der Waals surface area contributed by atoms with Gasteiger partial charge in [-0.25, -0.2) is 8.42 Å². The van der Waals surface area contributed by atoms with Crippen molar-refractivity contribution in [1.29, 1.82) is 0 Å². The highest BCUT2D eigenvalue weighted by Gasteiger charge is 2.18. The summed E-state index contributed by atoms with van der Waals surface area (Å²) in [5, 5.41) is 2.73. The maximum absolute atomic E-state index is 12.7. The van der Waals surface area contributed by atoms with Gasteiger partial charge >= 0.3 is 0 Å². The van der Waals surface area contributed by atoms with Gasteiger partial charge in [-0.05, 0) is 68.3 Å². The van der Waals surface area contributed by atoms with E-state index in [2.05, 4.69) is 10.0 Å². The number of para-hydroxylation sites is 2. The minimum atomic E-state index is -3.75. The minimum Gasteiger partial charge on any atom is -0.481 e. The molecule has 1 atom stereocenters. The summed E-state index contributed by atoms with van der Waals surface area (Å²) in [7, 11) is -3.75. The van der Waals surface area contributed by atoms with Gasteiger partial charge in [0.25, 0.3) is 15.9 Å². The van der Waals surface area contributed by atoms with Gasteiger partial charge in [-0.3, -0.25) is 9.52 Å². The van der Waals surface area contributed by atoms with Crippen molar-refractivity contribution in [3.63, 3.8) is 0 Å². The number of amides is 1. The van der Waals surface area contributed by atoms with Crippen LogP contribution in [0.15, 0.2) is 77.7 Å². The number of hydrogen-bond acceptors (Lipinski definition) is 4. The van der Waals surface area contributed by atoms with E-state index in [0.29, 0.717) is 17.1 Å². The fraction of sp³-hybridized carbons (Fsp3) is 0.174. The second-order valence-corrected chi connectivity index (χ2v) is 8.64. The van der Waals surface area contributed by atoms with Crippen molar-refractivity contribution in [1.82, 2.24) is 0 Å². The van der Waals surface area contributed by atoms with E-state index in [4.69, 9.17) is 4.74 Å². The van der Waals surface area contributed by atoms with Crippen molar-refractivity contribution >= 4 is 27.3 Å². The predicted molar refractivity (Wildman–Crippen MR) is 118 cm³/mol. The third-order valence-electron chi connectivity index (χ3n) is 4.57. The molecule has 30 heavy (non-hydrogen) atoms. The van der Waals surface area contributed by atoms with E-state index >= 15 is 0 Å². The molecule has 0 radical (unpaired) electrons. The zero-order chi connectivity index (χ0) is 21.7. The second kappa shape index (κ2) is 9.00. The molecule has 0 saturated heterocycles. The summed E-state index contributed by atoms with van der Waals surface area (Å²) in [6.07, 6.45) is -0.707. The molecule has 156 valence electrons. The van der Waals surface area contributed by atoms with Crippen molar-refractivity contribution < 1.29 is 17.9 Å². The SMILES string of the molecule is Cc1cccc(C)c1NS(=O)(=O)c1ccc(NC(=O)[C@H](C)Oc2ccccc2)cc1. The first-order chi connectivity index (χ1) is 14.3. The minimum absolute atomic E-state index is 0.108. The first-order valence-electron chi connectivity index (χ1n) is 9.48. The molecule has 0 spiro atoms. The van der Waals surface area contributed by atoms with Crippen molar-refractivity contribution in [3.8, 4) is 5.75 Å². The zero-order valence-corrected chi connectivity index (χ0v) is 17.9. The normalized spacial score (nSPS) is 12.1. The Kier molecular flexibility index (Phi) is 6.42. The Morgan fingerprint density at radius 2 is 1.47 bits per heavy atom. The lowest BCUT2D eigenvalue weighted by Gasteiger charge is -2.15. The molecule has 0 fully saturated rings. The summed E-state index contributed by atoms with van der Waals surface area (Å²) in [6, 6.07) is 20.6. The Bertz CT molecular complexity index is 1110. The van der Waals surface area contributed by atoms with E-state index in [9.17, 15) is 13.2 Å². The maximum atomic E-state index is 12.7. The number of hydrogen-bond donors (Lipinski definition) is 2. The first kappa shape index (κ1) is 21.4. The molecule has 0 aliphatic rings. The van der Waals surface area contributed by atoms with Crippen molar-refractivity contribution in [2.24, 2.45) is 0 Å². The zero-order valence-electron chi connectivity index (χ0n) is 17.0. The molecular formula is C23H24N2O4S. The van der Waals surface area contributed by atoms with Crippen LogP contribution in [0.3, 0.4) is 0 Å². The van der Waals surface area contributed by atoms with Gasteiger partial charge in [-0.15, -0.1) is 0 Å². The van der Waals surface area contributed by atoms with Crippen LogP contribution in [0.25, 0.3) is 0 Å². The van der Waals surface area contributed by atoms with Crippen LogP contribution in [0.2, 0.25) is 0 Å². The van der Waals surface area contributed by atoms with Gasteiger partial charge in [0.2, 0.25) is 0 Å². The van der Waals surface area contributed by atoms with Crippen LogP contribution in [0.5, 0.6) is 5.75 Å². The largest absolute Gasteiger partial charge is 0.481 e. The molecule has 0 aliphatic carbocycles. The average Bonchev–Trinajstić information content (AvgIpc) is 2.72. The molecule has 0 unspecified atom stereocenters. The van der Waals surface area contributed by atoms with E-state index in [-0.39, 0.29) is 10.8 Å². The number of carbonyl (C=O) groups excluding carboxylic acids is 1. The van der Waals surface area contributed by atoms with Crippen LogP contribution < -0.4 is 14.8 Å². The molecule has 1 amide bonds. The summed E-state index contributed by atoms with van der Waals surface area (Å²) >= 11 is 0. The smallest absolute Gasteiger partial charge is 0.265 e. The molecular weight excluding hydrogens is 400 g/mol. The molecule has 2 N–H and O–H groups in total. The van der Waals surface area contributed by atoms with Gasteiger partial charge in [-0.2, -0.15) is 0 Å². The van der Waals surface area contributed by atoms with Crippen LogP contribution in [0, 0.1) is 13.8 Å². The number of anilines is 2. The highest BCUT2D eigenvalue weighted by Crippen LogP contribution is 2.24. The quantitative estimate of drug-likeness (QED) is 0.584. The highest BCUT2D eigenvalue weighted by atomic mass is 32.2. The number of ether oxygens (including phenoxy) is 1. The van der Waals surface area contributed by atoms with Crippen molar-refractivity contribution in [2.45, 2.75) is 31.8 Å². The fourth-order valence-electron chi connectivity index (χ4n) is 2.89. The third-order valence-corrected chi connectivity index (χ3v) is 5.94. The highest BCUT2D eigenvalue weighted by molar-refractivity contribution is 7.92. The number of carbonyl (C=O) groups is 1. The number of rotatable bonds is 7. The van der Waals surface area contributed by atoms with E-state index in [1.165, 1.54) is 12.1 Å². The van der Waals surface area contributed by atoms with Gasteiger partial charge in [0.1, 0.15) is 5.75 Å². The summed E-state index contributed by atoms with van der Waals surface area (Å²) in [5.41, 5.74) is 2.74.